The molecule has 1 unspecified atom stereocenters. The standard InChI is InChI=1S/C15H18BrN5O2/c1-9-18-6-11(16)14(19-9)15(23)20-12-4-10(5-13(12)22)7-21-3-2-17-8-21/h2-3,6,8,10,12-13,22H,4-5,7H2,1H3,(H,20,23)/t10?,12-,13-/m1/s1. The molecule has 8 heteroatoms. The maximum absolute atomic E-state index is 12.4. The topological polar surface area (TPSA) is 92.9 Å². The lowest BCUT2D eigenvalue weighted by Gasteiger charge is -2.16. The largest absolute Gasteiger partial charge is 0.391 e. The lowest BCUT2D eigenvalue weighted by Crippen LogP contribution is -2.40. The second kappa shape index (κ2) is 6.76. The molecular formula is C15H18BrN5O2. The van der Waals surface area contributed by atoms with Crippen molar-refractivity contribution in [1.29, 1.82) is 0 Å². The van der Waals surface area contributed by atoms with Crippen molar-refractivity contribution in [3.63, 3.8) is 0 Å². The van der Waals surface area contributed by atoms with Crippen LogP contribution in [0.5, 0.6) is 0 Å². The van der Waals surface area contributed by atoms with Crippen molar-refractivity contribution in [1.82, 2.24) is 24.8 Å². The highest BCUT2D eigenvalue weighted by molar-refractivity contribution is 9.10. The molecule has 1 saturated carbocycles. The molecule has 2 heterocycles. The molecule has 0 radical (unpaired) electrons. The van der Waals surface area contributed by atoms with E-state index in [-0.39, 0.29) is 11.9 Å². The summed E-state index contributed by atoms with van der Waals surface area (Å²) in [4.78, 5) is 24.6. The van der Waals surface area contributed by atoms with Crippen LogP contribution in [0.2, 0.25) is 0 Å². The van der Waals surface area contributed by atoms with Gasteiger partial charge >= 0.3 is 0 Å². The molecule has 1 aliphatic rings. The molecular weight excluding hydrogens is 362 g/mol. The SMILES string of the molecule is Cc1ncc(Br)c(C(=O)N[C@@H]2CC(Cn3ccnc3)C[C@H]2O)n1. The number of nitrogens with zero attached hydrogens (tertiary/aromatic N) is 4. The minimum atomic E-state index is -0.547. The van der Waals surface area contributed by atoms with E-state index in [1.54, 1.807) is 25.6 Å². The molecule has 2 aromatic heterocycles. The van der Waals surface area contributed by atoms with Crippen LogP contribution in [0.25, 0.3) is 0 Å². The number of halogens is 1. The van der Waals surface area contributed by atoms with Gasteiger partial charge in [-0.3, -0.25) is 4.79 Å². The number of aryl methyl sites for hydroxylation is 1. The quantitative estimate of drug-likeness (QED) is 0.835. The van der Waals surface area contributed by atoms with Crippen LogP contribution in [0, 0.1) is 12.8 Å². The van der Waals surface area contributed by atoms with Gasteiger partial charge in [0.1, 0.15) is 11.5 Å². The van der Waals surface area contributed by atoms with Gasteiger partial charge in [-0.1, -0.05) is 0 Å². The number of hydrogen-bond donors (Lipinski definition) is 2. The van der Waals surface area contributed by atoms with Crippen LogP contribution in [0.1, 0.15) is 29.2 Å². The molecule has 0 spiro atoms. The van der Waals surface area contributed by atoms with Gasteiger partial charge in [-0.2, -0.15) is 0 Å². The zero-order valence-corrected chi connectivity index (χ0v) is 14.3. The molecule has 1 aliphatic carbocycles. The van der Waals surface area contributed by atoms with Crippen molar-refractivity contribution in [2.45, 2.75) is 38.5 Å². The van der Waals surface area contributed by atoms with Crippen LogP contribution in [0.15, 0.2) is 29.4 Å². The van der Waals surface area contributed by atoms with Crippen LogP contribution in [-0.4, -0.2) is 42.7 Å². The highest BCUT2D eigenvalue weighted by atomic mass is 79.9. The van der Waals surface area contributed by atoms with Gasteiger partial charge in [0.25, 0.3) is 5.91 Å². The van der Waals surface area contributed by atoms with E-state index in [2.05, 4.69) is 36.2 Å². The van der Waals surface area contributed by atoms with Crippen LogP contribution in [-0.2, 0) is 6.54 Å². The summed E-state index contributed by atoms with van der Waals surface area (Å²) in [6.07, 6.45) is 7.80. The molecule has 1 amide bonds. The molecule has 2 N–H and O–H groups in total. The van der Waals surface area contributed by atoms with E-state index in [4.69, 9.17) is 0 Å². The molecule has 0 aromatic carbocycles. The van der Waals surface area contributed by atoms with Crippen LogP contribution in [0.3, 0.4) is 0 Å². The lowest BCUT2D eigenvalue weighted by molar-refractivity contribution is 0.0866. The smallest absolute Gasteiger partial charge is 0.271 e. The number of imidazole rings is 1. The highest BCUT2D eigenvalue weighted by Gasteiger charge is 2.34. The first-order valence-electron chi connectivity index (χ1n) is 7.46. The molecule has 122 valence electrons. The van der Waals surface area contributed by atoms with Gasteiger partial charge in [0.2, 0.25) is 0 Å². The Hall–Kier alpha value is -1.80. The van der Waals surface area contributed by atoms with Crippen molar-refractivity contribution >= 4 is 21.8 Å². The maximum Gasteiger partial charge on any atom is 0.271 e. The van der Waals surface area contributed by atoms with E-state index in [1.165, 1.54) is 0 Å². The van der Waals surface area contributed by atoms with Crippen molar-refractivity contribution in [3.8, 4) is 0 Å². The fraction of sp³-hybridized carbons (Fsp3) is 0.467. The highest BCUT2D eigenvalue weighted by Crippen LogP contribution is 2.28. The molecule has 3 atom stereocenters. The number of nitrogens with one attached hydrogen (secondary N) is 1. The summed E-state index contributed by atoms with van der Waals surface area (Å²) in [6, 6.07) is -0.266. The summed E-state index contributed by atoms with van der Waals surface area (Å²) in [5.74, 6) is 0.540. The maximum atomic E-state index is 12.4. The number of rotatable bonds is 4. The zero-order chi connectivity index (χ0) is 16.4. The average Bonchev–Trinajstić information content (AvgIpc) is 3.12. The fourth-order valence-corrected chi connectivity index (χ4v) is 3.34. The Labute approximate surface area is 142 Å². The minimum absolute atomic E-state index is 0.266. The van der Waals surface area contributed by atoms with Gasteiger partial charge in [0, 0.05) is 25.1 Å². The zero-order valence-electron chi connectivity index (χ0n) is 12.7. The summed E-state index contributed by atoms with van der Waals surface area (Å²) < 4.78 is 2.54. The number of carbonyl (C=O) groups excluding carboxylic acids is 1. The first-order valence-corrected chi connectivity index (χ1v) is 8.26. The van der Waals surface area contributed by atoms with E-state index in [1.807, 2.05) is 10.8 Å². The number of carbonyl (C=O) groups is 1. The predicted octanol–water partition coefficient (Wildman–Crippen LogP) is 1.31. The van der Waals surface area contributed by atoms with Crippen molar-refractivity contribution < 1.29 is 9.90 Å². The monoisotopic (exact) mass is 379 g/mol. The minimum Gasteiger partial charge on any atom is -0.391 e. The number of aliphatic hydroxyl groups is 1. The molecule has 3 rings (SSSR count). The van der Waals surface area contributed by atoms with Crippen LogP contribution >= 0.6 is 15.9 Å². The van der Waals surface area contributed by atoms with Gasteiger partial charge in [0.05, 0.1) is 22.9 Å². The van der Waals surface area contributed by atoms with Crippen LogP contribution < -0.4 is 5.32 Å². The number of hydrogen-bond acceptors (Lipinski definition) is 5. The number of amides is 1. The summed E-state index contributed by atoms with van der Waals surface area (Å²) >= 11 is 3.29. The number of aliphatic hydroxyl groups excluding tert-OH is 1. The predicted molar refractivity (Wildman–Crippen MR) is 86.7 cm³/mol. The molecule has 0 aliphatic heterocycles. The lowest BCUT2D eigenvalue weighted by atomic mass is 10.1. The molecule has 0 bridgehead atoms. The van der Waals surface area contributed by atoms with Crippen molar-refractivity contribution in [2.24, 2.45) is 5.92 Å². The molecule has 0 saturated heterocycles. The van der Waals surface area contributed by atoms with Gasteiger partial charge in [0.15, 0.2) is 0 Å². The van der Waals surface area contributed by atoms with Crippen molar-refractivity contribution in [3.05, 3.63) is 40.9 Å². The van der Waals surface area contributed by atoms with E-state index >= 15 is 0 Å². The van der Waals surface area contributed by atoms with Gasteiger partial charge in [-0.15, -0.1) is 0 Å². The first-order chi connectivity index (χ1) is 11.0. The fourth-order valence-electron chi connectivity index (χ4n) is 2.97. The summed E-state index contributed by atoms with van der Waals surface area (Å²) in [5, 5.41) is 13.1. The Kier molecular flexibility index (Phi) is 4.72. The molecule has 2 aromatic rings. The molecule has 1 fully saturated rings. The Bertz CT molecular complexity index is 691. The van der Waals surface area contributed by atoms with Crippen molar-refractivity contribution in [2.75, 3.05) is 0 Å². The van der Waals surface area contributed by atoms with Gasteiger partial charge in [-0.25, -0.2) is 15.0 Å². The Balaban J connectivity index is 1.63. The third-order valence-electron chi connectivity index (χ3n) is 4.05. The second-order valence-electron chi connectivity index (χ2n) is 5.86. The molecule has 23 heavy (non-hydrogen) atoms. The van der Waals surface area contributed by atoms with E-state index in [9.17, 15) is 9.90 Å². The normalized spacial score (nSPS) is 23.9. The summed E-state index contributed by atoms with van der Waals surface area (Å²) in [6.45, 7) is 2.52. The van der Waals surface area contributed by atoms with E-state index in [0.29, 0.717) is 28.3 Å². The number of aromatic nitrogens is 4. The Morgan fingerprint density at radius 3 is 3.09 bits per heavy atom. The summed E-state index contributed by atoms with van der Waals surface area (Å²) in [7, 11) is 0. The Morgan fingerprint density at radius 2 is 2.35 bits per heavy atom. The van der Waals surface area contributed by atoms with E-state index < -0.39 is 6.10 Å². The van der Waals surface area contributed by atoms with Gasteiger partial charge < -0.3 is 15.0 Å². The first kappa shape index (κ1) is 16.1. The van der Waals surface area contributed by atoms with E-state index in [0.717, 1.165) is 13.0 Å². The van der Waals surface area contributed by atoms with Crippen LogP contribution in [0.4, 0.5) is 0 Å². The molecule has 7 nitrogen and oxygen atoms in total. The Morgan fingerprint density at radius 1 is 1.52 bits per heavy atom. The third-order valence-corrected chi connectivity index (χ3v) is 4.63. The summed E-state index contributed by atoms with van der Waals surface area (Å²) in [5.41, 5.74) is 0.294. The second-order valence-corrected chi connectivity index (χ2v) is 6.71. The third kappa shape index (κ3) is 3.76. The average molecular weight is 380 g/mol. The van der Waals surface area contributed by atoms with Gasteiger partial charge in [-0.05, 0) is 41.6 Å².